The van der Waals surface area contributed by atoms with Gasteiger partial charge in [-0.25, -0.2) is 0 Å². The molecule has 2 unspecified atom stereocenters. The molecule has 0 aromatic rings. The van der Waals surface area contributed by atoms with Crippen LogP contribution in [-0.4, -0.2) is 64.2 Å². The Morgan fingerprint density at radius 3 is 2.75 bits per heavy atom. The molecule has 0 bridgehead atoms. The fourth-order valence-electron chi connectivity index (χ4n) is 2.20. The maximum absolute atomic E-state index is 3.79. The average molecular weight is 358 g/mol. The molecule has 1 aliphatic rings. The van der Waals surface area contributed by atoms with E-state index in [9.17, 15) is 0 Å². The van der Waals surface area contributed by atoms with Gasteiger partial charge in [-0.15, -0.1) is 0 Å². The summed E-state index contributed by atoms with van der Waals surface area (Å²) in [6, 6.07) is 0.518. The van der Waals surface area contributed by atoms with Crippen molar-refractivity contribution in [1.29, 1.82) is 0 Å². The van der Waals surface area contributed by atoms with Gasteiger partial charge in [0.2, 0.25) is 0 Å². The Bertz CT molecular complexity index is 377. The van der Waals surface area contributed by atoms with Gasteiger partial charge in [-0.2, -0.15) is 0 Å². The van der Waals surface area contributed by atoms with Gasteiger partial charge in [-0.3, -0.25) is 0 Å². The molecular weight excluding hydrogens is 330 g/mol. The molecule has 2 atom stereocenters. The fourth-order valence-corrected chi connectivity index (χ4v) is 3.18. The SMILES string of the molecule is C=C/C=C([Se])\C(=C/N(C)C(C)C)CCN1CCC(P)C1. The van der Waals surface area contributed by atoms with Crippen molar-refractivity contribution >= 4 is 25.3 Å². The molecule has 2 nitrogen and oxygen atoms in total. The van der Waals surface area contributed by atoms with Gasteiger partial charge in [-0.05, 0) is 0 Å². The zero-order chi connectivity index (χ0) is 15.1. The van der Waals surface area contributed by atoms with Gasteiger partial charge in [0, 0.05) is 0 Å². The monoisotopic (exact) mass is 359 g/mol. The van der Waals surface area contributed by atoms with Crippen LogP contribution in [0.2, 0.25) is 0 Å². The second-order valence-electron chi connectivity index (χ2n) is 5.78. The summed E-state index contributed by atoms with van der Waals surface area (Å²) in [7, 11) is 5.09. The van der Waals surface area contributed by atoms with Crippen LogP contribution < -0.4 is 0 Å². The number of hydrogen-bond donors (Lipinski definition) is 0. The van der Waals surface area contributed by atoms with Crippen LogP contribution in [0.5, 0.6) is 0 Å². The first-order valence-corrected chi connectivity index (χ1v) is 8.87. The molecule has 1 saturated heterocycles. The molecule has 0 N–H and O–H groups in total. The second-order valence-corrected chi connectivity index (χ2v) is 7.65. The molecule has 20 heavy (non-hydrogen) atoms. The van der Waals surface area contributed by atoms with Crippen molar-refractivity contribution in [3.63, 3.8) is 0 Å². The Hall–Kier alpha value is -0.0705. The summed E-state index contributed by atoms with van der Waals surface area (Å²) in [4.78, 5) is 4.83. The van der Waals surface area contributed by atoms with E-state index in [-0.39, 0.29) is 0 Å². The first-order chi connectivity index (χ1) is 9.43. The average Bonchev–Trinajstić information content (AvgIpc) is 2.80. The minimum absolute atomic E-state index is 0.518. The number of rotatable bonds is 7. The van der Waals surface area contributed by atoms with E-state index in [1.165, 1.54) is 29.6 Å². The van der Waals surface area contributed by atoms with Crippen molar-refractivity contribution in [3.05, 3.63) is 35.0 Å². The third-order valence-corrected chi connectivity index (χ3v) is 5.15. The molecule has 4 heteroatoms. The Balaban J connectivity index is 2.67. The number of likely N-dealkylation sites (tertiary alicyclic amines) is 1. The van der Waals surface area contributed by atoms with Crippen molar-refractivity contribution in [3.8, 4) is 0 Å². The molecule has 113 valence electrons. The van der Waals surface area contributed by atoms with Gasteiger partial charge in [0.05, 0.1) is 0 Å². The summed E-state index contributed by atoms with van der Waals surface area (Å²) in [6.45, 7) is 11.8. The summed E-state index contributed by atoms with van der Waals surface area (Å²) >= 11 is 3.18. The summed E-state index contributed by atoms with van der Waals surface area (Å²) in [5.74, 6) is 0. The first-order valence-electron chi connectivity index (χ1n) is 7.34. The predicted octanol–water partition coefficient (Wildman–Crippen LogP) is 2.79. The Kier molecular flexibility index (Phi) is 8.14. The topological polar surface area (TPSA) is 6.48 Å². The molecule has 0 aromatic heterocycles. The van der Waals surface area contributed by atoms with Crippen molar-refractivity contribution < 1.29 is 0 Å². The van der Waals surface area contributed by atoms with E-state index in [1.54, 1.807) is 0 Å². The van der Waals surface area contributed by atoms with Crippen LogP contribution in [0.4, 0.5) is 0 Å². The summed E-state index contributed by atoms with van der Waals surface area (Å²) in [5.41, 5.74) is 2.14. The van der Waals surface area contributed by atoms with Crippen LogP contribution >= 0.6 is 9.24 Å². The van der Waals surface area contributed by atoms with Crippen molar-refractivity contribution in [2.24, 2.45) is 0 Å². The van der Waals surface area contributed by atoms with Gasteiger partial charge in [0.15, 0.2) is 0 Å². The first kappa shape index (κ1) is 18.0. The number of hydrogen-bond acceptors (Lipinski definition) is 2. The standard InChI is InChI=1S/C16H28N2PSe/c1-5-6-16(20)14(11-17(4)13(2)3)7-9-18-10-8-15(19)12-18/h5-6,11,13,15H,1,7-10,12,19H2,2-4H3/b14-11-,16-6+. The fraction of sp³-hybridized carbons (Fsp3) is 0.625. The molecule has 1 fully saturated rings. The maximum atomic E-state index is 3.79. The van der Waals surface area contributed by atoms with Gasteiger partial charge < -0.3 is 0 Å². The molecule has 0 spiro atoms. The van der Waals surface area contributed by atoms with E-state index in [0.717, 1.165) is 18.6 Å². The van der Waals surface area contributed by atoms with Crippen molar-refractivity contribution in [2.45, 2.75) is 38.4 Å². The molecule has 1 rings (SSSR count). The number of nitrogens with zero attached hydrogens (tertiary/aromatic N) is 2. The Morgan fingerprint density at radius 2 is 2.25 bits per heavy atom. The molecule has 1 aliphatic heterocycles. The van der Waals surface area contributed by atoms with Crippen LogP contribution in [0.1, 0.15) is 26.7 Å². The van der Waals surface area contributed by atoms with Gasteiger partial charge >= 0.3 is 135 Å². The van der Waals surface area contributed by atoms with Crippen LogP contribution in [0, 0.1) is 0 Å². The van der Waals surface area contributed by atoms with Gasteiger partial charge in [0.1, 0.15) is 0 Å². The normalized spacial score (nSPS) is 21.6. The molecule has 0 saturated carbocycles. The van der Waals surface area contributed by atoms with Crippen LogP contribution in [-0.2, 0) is 0 Å². The Labute approximate surface area is 135 Å². The summed E-state index contributed by atoms with van der Waals surface area (Å²) in [5, 5.41) is 0. The van der Waals surface area contributed by atoms with E-state index < -0.39 is 0 Å². The van der Waals surface area contributed by atoms with Crippen molar-refractivity contribution in [2.75, 3.05) is 26.7 Å². The summed E-state index contributed by atoms with van der Waals surface area (Å²) < 4.78 is 1.20. The van der Waals surface area contributed by atoms with Gasteiger partial charge in [-0.1, -0.05) is 0 Å². The Morgan fingerprint density at radius 1 is 1.55 bits per heavy atom. The quantitative estimate of drug-likeness (QED) is 0.392. The summed E-state index contributed by atoms with van der Waals surface area (Å²) in [6.07, 6.45) is 8.57. The molecule has 0 amide bonds. The van der Waals surface area contributed by atoms with E-state index in [0.29, 0.717) is 6.04 Å². The molecule has 0 aliphatic carbocycles. The van der Waals surface area contributed by atoms with Crippen LogP contribution in [0.25, 0.3) is 0 Å². The predicted molar refractivity (Wildman–Crippen MR) is 94.2 cm³/mol. The van der Waals surface area contributed by atoms with Gasteiger partial charge in [0.25, 0.3) is 0 Å². The second kappa shape index (κ2) is 9.05. The third kappa shape index (κ3) is 6.14. The van der Waals surface area contributed by atoms with E-state index in [2.05, 4.69) is 74.8 Å². The zero-order valence-corrected chi connectivity index (χ0v) is 15.9. The van der Waals surface area contributed by atoms with Crippen LogP contribution in [0.15, 0.2) is 35.0 Å². The van der Waals surface area contributed by atoms with E-state index >= 15 is 0 Å². The van der Waals surface area contributed by atoms with E-state index in [1.807, 2.05) is 6.08 Å². The molecule has 0 aromatic carbocycles. The zero-order valence-electron chi connectivity index (χ0n) is 13.0. The molecule has 1 heterocycles. The molecular formula is C16H28N2PSe. The van der Waals surface area contributed by atoms with E-state index in [4.69, 9.17) is 0 Å². The van der Waals surface area contributed by atoms with Crippen molar-refractivity contribution in [1.82, 2.24) is 9.80 Å². The minimum atomic E-state index is 0.518. The number of allylic oxidation sites excluding steroid dienone is 3. The molecule has 1 radical (unpaired) electrons. The van der Waals surface area contributed by atoms with Crippen LogP contribution in [0.3, 0.4) is 0 Å². The third-order valence-electron chi connectivity index (χ3n) is 3.77.